The molecule has 1 aromatic carbocycles. The zero-order valence-electron chi connectivity index (χ0n) is 8.93. The predicted molar refractivity (Wildman–Crippen MR) is 62.3 cm³/mol. The van der Waals surface area contributed by atoms with Crippen LogP contribution in [0.3, 0.4) is 0 Å². The molecule has 1 amide bonds. The first-order valence-corrected chi connectivity index (χ1v) is 5.13. The Balaban J connectivity index is 2.28. The fourth-order valence-electron chi connectivity index (χ4n) is 1.79. The van der Waals surface area contributed by atoms with Crippen molar-refractivity contribution >= 4 is 23.3 Å². The number of nitrogens with one attached hydrogen (secondary N) is 2. The van der Waals surface area contributed by atoms with Gasteiger partial charge in [-0.25, -0.2) is 4.79 Å². The molecule has 87 valence electrons. The summed E-state index contributed by atoms with van der Waals surface area (Å²) in [5, 5.41) is 12.1. The highest BCUT2D eigenvalue weighted by Gasteiger charge is 2.18. The molecule has 5 heteroatoms. The molecule has 0 bridgehead atoms. The zero-order valence-corrected chi connectivity index (χ0v) is 8.93. The molecule has 0 saturated heterocycles. The third-order valence-corrected chi connectivity index (χ3v) is 2.63. The first-order chi connectivity index (χ1) is 8.22. The Kier molecular flexibility index (Phi) is 3.09. The molecule has 0 spiro atoms. The molecule has 5 nitrogen and oxygen atoms in total. The van der Waals surface area contributed by atoms with Gasteiger partial charge in [-0.2, -0.15) is 0 Å². The largest absolute Gasteiger partial charge is 0.480 e. The van der Waals surface area contributed by atoms with Gasteiger partial charge in [0.05, 0.1) is 0 Å². The predicted octanol–water partition coefficient (Wildman–Crippen LogP) is 0.820. The lowest BCUT2D eigenvalue weighted by molar-refractivity contribution is -0.139. The molecule has 1 radical (unpaired) electrons. The van der Waals surface area contributed by atoms with Crippen LogP contribution in [0.4, 0.5) is 0 Å². The minimum atomic E-state index is -1.07. The van der Waals surface area contributed by atoms with Gasteiger partial charge in [-0.05, 0) is 11.6 Å². The van der Waals surface area contributed by atoms with Gasteiger partial charge in [0.15, 0.2) is 0 Å². The Labute approximate surface area is 97.4 Å². The smallest absolute Gasteiger partial charge is 0.326 e. The number of carboxylic acid groups (broad SMARTS) is 1. The van der Waals surface area contributed by atoms with Gasteiger partial charge in [0.2, 0.25) is 0 Å². The third kappa shape index (κ3) is 2.28. The van der Waals surface area contributed by atoms with E-state index in [1.807, 2.05) is 24.3 Å². The summed E-state index contributed by atoms with van der Waals surface area (Å²) in [5.74, 6) is -1.07. The summed E-state index contributed by atoms with van der Waals surface area (Å²) < 4.78 is 0. The second-order valence-corrected chi connectivity index (χ2v) is 3.70. The first kappa shape index (κ1) is 11.2. The summed E-state index contributed by atoms with van der Waals surface area (Å²) in [6, 6.07) is 6.65. The maximum Gasteiger partial charge on any atom is 0.326 e. The number of carbonyl (C=O) groups is 1. The number of aromatic nitrogens is 1. The molecule has 0 aliphatic carbocycles. The summed E-state index contributed by atoms with van der Waals surface area (Å²) in [5.41, 5.74) is 1.80. The van der Waals surface area contributed by atoms with E-state index in [2.05, 4.69) is 10.3 Å². The lowest BCUT2D eigenvalue weighted by atomic mass is 10.1. The quantitative estimate of drug-likeness (QED) is 0.666. The van der Waals surface area contributed by atoms with Gasteiger partial charge in [0.1, 0.15) is 6.04 Å². The fourth-order valence-corrected chi connectivity index (χ4v) is 1.79. The van der Waals surface area contributed by atoms with E-state index in [-0.39, 0.29) is 6.42 Å². The van der Waals surface area contributed by atoms with Crippen molar-refractivity contribution in [3.8, 4) is 0 Å². The maximum atomic E-state index is 10.9. The Morgan fingerprint density at radius 3 is 2.94 bits per heavy atom. The molecule has 0 saturated carbocycles. The summed E-state index contributed by atoms with van der Waals surface area (Å²) in [7, 11) is 0. The van der Waals surface area contributed by atoms with Crippen molar-refractivity contribution < 1.29 is 14.7 Å². The lowest BCUT2D eigenvalue weighted by Gasteiger charge is -2.09. The highest BCUT2D eigenvalue weighted by atomic mass is 16.4. The van der Waals surface area contributed by atoms with E-state index >= 15 is 0 Å². The number of carbonyl (C=O) groups excluding carboxylic acids is 1. The lowest BCUT2D eigenvalue weighted by Crippen LogP contribution is -2.37. The number of para-hydroxylation sites is 1. The van der Waals surface area contributed by atoms with Crippen LogP contribution in [0.5, 0.6) is 0 Å². The van der Waals surface area contributed by atoms with Crippen LogP contribution >= 0.6 is 0 Å². The molecule has 2 rings (SSSR count). The number of fused-ring (bicyclic) bond motifs is 1. The van der Waals surface area contributed by atoms with Crippen LogP contribution in [0.2, 0.25) is 0 Å². The average molecular weight is 231 g/mol. The van der Waals surface area contributed by atoms with Gasteiger partial charge in [0.25, 0.3) is 0 Å². The number of aromatic amines is 1. The van der Waals surface area contributed by atoms with E-state index < -0.39 is 12.0 Å². The van der Waals surface area contributed by atoms with Crippen LogP contribution in [0, 0.1) is 0 Å². The van der Waals surface area contributed by atoms with Crippen LogP contribution in [0.15, 0.2) is 30.5 Å². The fraction of sp³-hybridized carbons (Fsp3) is 0.167. The average Bonchev–Trinajstić information content (AvgIpc) is 2.72. The SMILES string of the molecule is O=[C]NC(Cc1c[nH]c2ccccc12)C(=O)O. The Bertz CT molecular complexity index is 547. The van der Waals surface area contributed by atoms with Crippen LogP contribution < -0.4 is 5.32 Å². The molecule has 1 aromatic heterocycles. The van der Waals surface area contributed by atoms with Crippen molar-refractivity contribution in [2.45, 2.75) is 12.5 Å². The summed E-state index contributed by atoms with van der Waals surface area (Å²) in [6.07, 6.45) is 3.41. The molecule has 1 atom stereocenters. The van der Waals surface area contributed by atoms with E-state index in [1.165, 1.54) is 6.41 Å². The number of hydrogen-bond acceptors (Lipinski definition) is 2. The third-order valence-electron chi connectivity index (χ3n) is 2.63. The molecule has 3 N–H and O–H groups in total. The molecular formula is C12H11N2O3. The van der Waals surface area contributed by atoms with E-state index in [0.717, 1.165) is 16.5 Å². The van der Waals surface area contributed by atoms with Crippen molar-refractivity contribution in [2.24, 2.45) is 0 Å². The topological polar surface area (TPSA) is 82.2 Å². The van der Waals surface area contributed by atoms with Crippen LogP contribution in [0.25, 0.3) is 10.9 Å². The van der Waals surface area contributed by atoms with E-state index in [4.69, 9.17) is 5.11 Å². The Morgan fingerprint density at radius 2 is 2.24 bits per heavy atom. The Morgan fingerprint density at radius 1 is 1.47 bits per heavy atom. The molecule has 1 heterocycles. The highest BCUT2D eigenvalue weighted by molar-refractivity contribution is 5.84. The van der Waals surface area contributed by atoms with Gasteiger partial charge in [0, 0.05) is 23.5 Å². The number of hydrogen-bond donors (Lipinski definition) is 3. The number of benzene rings is 1. The maximum absolute atomic E-state index is 10.9. The summed E-state index contributed by atoms with van der Waals surface area (Å²) in [6.45, 7) is 0. The molecule has 17 heavy (non-hydrogen) atoms. The molecule has 0 fully saturated rings. The van der Waals surface area contributed by atoms with E-state index in [9.17, 15) is 9.59 Å². The van der Waals surface area contributed by atoms with Crippen LogP contribution in [0.1, 0.15) is 5.56 Å². The number of H-pyrrole nitrogens is 1. The van der Waals surface area contributed by atoms with Crippen molar-refractivity contribution in [3.05, 3.63) is 36.0 Å². The van der Waals surface area contributed by atoms with Gasteiger partial charge in [-0.1, -0.05) is 18.2 Å². The zero-order chi connectivity index (χ0) is 12.3. The minimum Gasteiger partial charge on any atom is -0.480 e. The number of carboxylic acids is 1. The highest BCUT2D eigenvalue weighted by Crippen LogP contribution is 2.18. The standard InChI is InChI=1S/C12H11N2O3/c15-7-14-11(12(16)17)5-8-6-13-10-4-2-1-3-9(8)10/h1-4,6,11,13H,5H2,(H,14,15)(H,16,17). The molecule has 2 aromatic rings. The first-order valence-electron chi connectivity index (χ1n) is 5.13. The normalized spacial score (nSPS) is 12.2. The number of rotatable bonds is 5. The summed E-state index contributed by atoms with van der Waals surface area (Å²) in [4.78, 5) is 24.2. The minimum absolute atomic E-state index is 0.231. The monoisotopic (exact) mass is 231 g/mol. The van der Waals surface area contributed by atoms with Gasteiger partial charge < -0.3 is 15.4 Å². The molecule has 0 aliphatic rings. The summed E-state index contributed by atoms with van der Waals surface area (Å²) >= 11 is 0. The molecule has 1 unspecified atom stereocenters. The second-order valence-electron chi connectivity index (χ2n) is 3.70. The van der Waals surface area contributed by atoms with E-state index in [0.29, 0.717) is 0 Å². The van der Waals surface area contributed by atoms with Crippen molar-refractivity contribution in [1.82, 2.24) is 10.3 Å². The van der Waals surface area contributed by atoms with Crippen LogP contribution in [-0.2, 0) is 16.0 Å². The number of aliphatic carboxylic acids is 1. The van der Waals surface area contributed by atoms with Gasteiger partial charge in [-0.15, -0.1) is 0 Å². The second kappa shape index (κ2) is 4.69. The van der Waals surface area contributed by atoms with Gasteiger partial charge >= 0.3 is 12.4 Å². The van der Waals surface area contributed by atoms with Crippen LogP contribution in [-0.4, -0.2) is 28.5 Å². The van der Waals surface area contributed by atoms with Crippen molar-refractivity contribution in [1.29, 1.82) is 0 Å². The van der Waals surface area contributed by atoms with Crippen molar-refractivity contribution in [3.63, 3.8) is 0 Å². The number of amides is 1. The van der Waals surface area contributed by atoms with E-state index in [1.54, 1.807) is 6.20 Å². The molecular weight excluding hydrogens is 220 g/mol. The van der Waals surface area contributed by atoms with Gasteiger partial charge in [-0.3, -0.25) is 4.79 Å². The molecule has 0 aliphatic heterocycles. The van der Waals surface area contributed by atoms with Crippen molar-refractivity contribution in [2.75, 3.05) is 0 Å². The Hall–Kier alpha value is -2.30.